The maximum Gasteiger partial charge on any atom is 0.205 e. The normalized spacial score (nSPS) is 12.3. The molecule has 0 atom stereocenters. The molecule has 3 nitrogen and oxygen atoms in total. The number of rotatable bonds is 0. The third-order valence-corrected chi connectivity index (χ3v) is 2.56. The monoisotopic (exact) mass is 243 g/mol. The molecular formula is C10H11Cl2N3. The number of pyridine rings is 1. The third kappa shape index (κ3) is 1.82. The smallest absolute Gasteiger partial charge is 0.205 e. The lowest BCUT2D eigenvalue weighted by molar-refractivity contribution is 0.407. The minimum Gasteiger partial charge on any atom is -0.294 e. The van der Waals surface area contributed by atoms with Gasteiger partial charge in [-0.25, -0.2) is 9.97 Å². The first-order chi connectivity index (χ1) is 6.89. The predicted molar refractivity (Wildman–Crippen MR) is 62.5 cm³/mol. The largest absolute Gasteiger partial charge is 0.294 e. The Morgan fingerprint density at radius 1 is 1.13 bits per heavy atom. The van der Waals surface area contributed by atoms with Gasteiger partial charge >= 0.3 is 0 Å². The van der Waals surface area contributed by atoms with Crippen LogP contribution < -0.4 is 0 Å². The first-order valence-electron chi connectivity index (χ1n) is 4.60. The fourth-order valence-electron chi connectivity index (χ4n) is 1.50. The van der Waals surface area contributed by atoms with E-state index in [0.717, 1.165) is 11.2 Å². The highest BCUT2D eigenvalue weighted by Gasteiger charge is 2.21. The highest BCUT2D eigenvalue weighted by atomic mass is 35.5. The van der Waals surface area contributed by atoms with E-state index in [2.05, 4.69) is 9.97 Å². The summed E-state index contributed by atoms with van der Waals surface area (Å²) in [5.74, 6) is 0. The first kappa shape index (κ1) is 10.7. The van der Waals surface area contributed by atoms with Gasteiger partial charge in [-0.15, -0.1) is 0 Å². The van der Waals surface area contributed by atoms with E-state index in [0.29, 0.717) is 10.4 Å². The fraction of sp³-hybridized carbons (Fsp3) is 0.400. The van der Waals surface area contributed by atoms with E-state index in [1.807, 2.05) is 31.4 Å². The molecule has 15 heavy (non-hydrogen) atoms. The van der Waals surface area contributed by atoms with E-state index >= 15 is 0 Å². The second-order valence-electron chi connectivity index (χ2n) is 4.36. The van der Waals surface area contributed by atoms with Gasteiger partial charge in [-0.2, -0.15) is 0 Å². The number of aromatic nitrogens is 3. The highest BCUT2D eigenvalue weighted by Crippen LogP contribution is 2.27. The summed E-state index contributed by atoms with van der Waals surface area (Å²) < 4.78 is 1.87. The SMILES string of the molecule is CC(C)(C)n1c(Cl)nc2ccc(Cl)nc21. The average Bonchev–Trinajstić information content (AvgIpc) is 2.38. The molecule has 0 N–H and O–H groups in total. The minimum atomic E-state index is -0.163. The molecule has 0 fully saturated rings. The number of hydrogen-bond acceptors (Lipinski definition) is 2. The van der Waals surface area contributed by atoms with E-state index in [1.165, 1.54) is 0 Å². The topological polar surface area (TPSA) is 30.7 Å². The molecule has 2 aromatic heterocycles. The van der Waals surface area contributed by atoms with Crippen LogP contribution in [0.1, 0.15) is 20.8 Å². The van der Waals surface area contributed by atoms with Gasteiger partial charge in [0.1, 0.15) is 10.7 Å². The lowest BCUT2D eigenvalue weighted by Crippen LogP contribution is -2.22. The summed E-state index contributed by atoms with van der Waals surface area (Å²) in [6.45, 7) is 6.13. The molecule has 5 heteroatoms. The Kier molecular flexibility index (Phi) is 2.40. The second-order valence-corrected chi connectivity index (χ2v) is 5.09. The van der Waals surface area contributed by atoms with Crippen molar-refractivity contribution in [1.82, 2.24) is 14.5 Å². The summed E-state index contributed by atoms with van der Waals surface area (Å²) in [7, 11) is 0. The molecule has 80 valence electrons. The lowest BCUT2D eigenvalue weighted by atomic mass is 10.1. The number of imidazole rings is 1. The van der Waals surface area contributed by atoms with Crippen LogP contribution in [0.4, 0.5) is 0 Å². The number of fused-ring (bicyclic) bond motifs is 1. The van der Waals surface area contributed by atoms with E-state index in [-0.39, 0.29) is 5.54 Å². The molecule has 0 aliphatic rings. The van der Waals surface area contributed by atoms with Crippen molar-refractivity contribution in [2.24, 2.45) is 0 Å². The fourth-order valence-corrected chi connectivity index (χ4v) is 2.07. The van der Waals surface area contributed by atoms with E-state index < -0.39 is 0 Å². The van der Waals surface area contributed by atoms with Crippen LogP contribution in [0, 0.1) is 0 Å². The molecule has 0 saturated carbocycles. The molecule has 0 aliphatic carbocycles. The quantitative estimate of drug-likeness (QED) is 0.664. The Bertz CT molecular complexity index is 511. The van der Waals surface area contributed by atoms with Crippen molar-refractivity contribution in [2.45, 2.75) is 26.3 Å². The first-order valence-corrected chi connectivity index (χ1v) is 5.36. The molecule has 0 unspecified atom stereocenters. The predicted octanol–water partition coefficient (Wildman–Crippen LogP) is 3.49. The minimum absolute atomic E-state index is 0.163. The van der Waals surface area contributed by atoms with E-state index in [4.69, 9.17) is 23.2 Å². The van der Waals surface area contributed by atoms with Crippen molar-refractivity contribution < 1.29 is 0 Å². The molecule has 0 aliphatic heterocycles. The van der Waals surface area contributed by atoms with Gasteiger partial charge in [-0.1, -0.05) is 11.6 Å². The van der Waals surface area contributed by atoms with Crippen LogP contribution in [0.3, 0.4) is 0 Å². The maximum absolute atomic E-state index is 6.07. The maximum atomic E-state index is 6.07. The summed E-state index contributed by atoms with van der Waals surface area (Å²) in [6.07, 6.45) is 0. The van der Waals surface area contributed by atoms with Crippen molar-refractivity contribution in [1.29, 1.82) is 0 Å². The molecule has 0 radical (unpaired) electrons. The molecule has 0 aromatic carbocycles. The molecule has 0 saturated heterocycles. The van der Waals surface area contributed by atoms with E-state index in [9.17, 15) is 0 Å². The Morgan fingerprint density at radius 2 is 1.80 bits per heavy atom. The second kappa shape index (κ2) is 3.35. The molecule has 2 aromatic rings. The highest BCUT2D eigenvalue weighted by molar-refractivity contribution is 6.30. The van der Waals surface area contributed by atoms with Gasteiger partial charge in [0.25, 0.3) is 0 Å². The zero-order valence-electron chi connectivity index (χ0n) is 8.75. The molecule has 2 heterocycles. The number of nitrogens with zero attached hydrogens (tertiary/aromatic N) is 3. The van der Waals surface area contributed by atoms with Gasteiger partial charge in [0.15, 0.2) is 5.65 Å². The Morgan fingerprint density at radius 3 is 2.40 bits per heavy atom. The lowest BCUT2D eigenvalue weighted by Gasteiger charge is -2.21. The van der Waals surface area contributed by atoms with E-state index in [1.54, 1.807) is 6.07 Å². The van der Waals surface area contributed by atoms with Gasteiger partial charge in [-0.3, -0.25) is 4.57 Å². The summed E-state index contributed by atoms with van der Waals surface area (Å²) in [6, 6.07) is 3.53. The van der Waals surface area contributed by atoms with Gasteiger partial charge in [-0.05, 0) is 44.5 Å². The Labute approximate surface area is 98.0 Å². The molecule has 0 bridgehead atoms. The summed E-state index contributed by atoms with van der Waals surface area (Å²) in [5.41, 5.74) is 1.32. The van der Waals surface area contributed by atoms with Crippen LogP contribution in [0.25, 0.3) is 11.2 Å². The van der Waals surface area contributed by atoms with Crippen LogP contribution in [0.15, 0.2) is 12.1 Å². The zero-order valence-corrected chi connectivity index (χ0v) is 10.3. The van der Waals surface area contributed by atoms with Crippen molar-refractivity contribution in [3.05, 3.63) is 22.6 Å². The van der Waals surface area contributed by atoms with Crippen molar-refractivity contribution >= 4 is 34.4 Å². The molecule has 0 spiro atoms. The summed E-state index contributed by atoms with van der Waals surface area (Å²) in [5, 5.41) is 0.886. The van der Waals surface area contributed by atoms with Gasteiger partial charge in [0.05, 0.1) is 0 Å². The number of halogens is 2. The number of hydrogen-bond donors (Lipinski definition) is 0. The van der Waals surface area contributed by atoms with Crippen LogP contribution in [0.2, 0.25) is 10.4 Å². The summed E-state index contributed by atoms with van der Waals surface area (Å²) in [4.78, 5) is 8.47. The third-order valence-electron chi connectivity index (χ3n) is 2.10. The average molecular weight is 244 g/mol. The van der Waals surface area contributed by atoms with Gasteiger partial charge in [0, 0.05) is 5.54 Å². The Balaban J connectivity index is 2.82. The van der Waals surface area contributed by atoms with Gasteiger partial charge in [0.2, 0.25) is 5.28 Å². The van der Waals surface area contributed by atoms with Crippen LogP contribution >= 0.6 is 23.2 Å². The standard InChI is InChI=1S/C10H11Cl2N3/c1-10(2,3)15-8-6(13-9(15)12)4-5-7(11)14-8/h4-5H,1-3H3. The zero-order chi connectivity index (χ0) is 11.2. The molecular weight excluding hydrogens is 233 g/mol. The van der Waals surface area contributed by atoms with Crippen molar-refractivity contribution in [2.75, 3.05) is 0 Å². The van der Waals surface area contributed by atoms with Crippen molar-refractivity contribution in [3.8, 4) is 0 Å². The van der Waals surface area contributed by atoms with Crippen molar-refractivity contribution in [3.63, 3.8) is 0 Å². The van der Waals surface area contributed by atoms with Crippen LogP contribution in [-0.2, 0) is 5.54 Å². The Hall–Kier alpha value is -0.800. The summed E-state index contributed by atoms with van der Waals surface area (Å²) >= 11 is 11.9. The van der Waals surface area contributed by atoms with Crippen LogP contribution in [-0.4, -0.2) is 14.5 Å². The molecule has 2 rings (SSSR count). The molecule has 0 amide bonds. The van der Waals surface area contributed by atoms with Crippen LogP contribution in [0.5, 0.6) is 0 Å². The van der Waals surface area contributed by atoms with Gasteiger partial charge < -0.3 is 0 Å².